The molecular formula is C6H12ORf. The van der Waals surface area contributed by atoms with Gasteiger partial charge in [0, 0.05) is 13.2 Å². The number of hydrogen-bond donors (Lipinski definition) is 0. The summed E-state index contributed by atoms with van der Waals surface area (Å²) in [6.07, 6.45) is 2.58. The van der Waals surface area contributed by atoms with Gasteiger partial charge in [0.2, 0.25) is 0 Å². The standard InChI is InChI=1S/C6H12O.Rf/c1-2-6-3-4-7-5-6;/h6H,2-5H2,1H3;/t6-;/m0./s1. The van der Waals surface area contributed by atoms with E-state index in [1.807, 2.05) is 0 Å². The fourth-order valence-electron chi connectivity index (χ4n) is 0.905. The molecule has 0 radical (unpaired) electrons. The topological polar surface area (TPSA) is 9.23 Å². The molecule has 0 aromatic rings. The van der Waals surface area contributed by atoms with Gasteiger partial charge >= 0.3 is 0 Å². The molecule has 44 valence electrons. The summed E-state index contributed by atoms with van der Waals surface area (Å²) in [5, 5.41) is 0. The predicted molar refractivity (Wildman–Crippen MR) is 29.2 cm³/mol. The third-order valence-corrected chi connectivity index (χ3v) is 1.60. The Hall–Kier alpha value is -1.04. The third-order valence-electron chi connectivity index (χ3n) is 1.60. The van der Waals surface area contributed by atoms with Gasteiger partial charge in [-0.3, -0.25) is 0 Å². The summed E-state index contributed by atoms with van der Waals surface area (Å²) in [6.45, 7) is 4.23. The van der Waals surface area contributed by atoms with E-state index in [0.29, 0.717) is 0 Å². The molecule has 1 atom stereocenters. The van der Waals surface area contributed by atoms with Crippen molar-refractivity contribution >= 4 is 0 Å². The smallest absolute Gasteiger partial charge is 0.0495 e. The van der Waals surface area contributed by atoms with Crippen molar-refractivity contribution in [2.45, 2.75) is 19.8 Å². The summed E-state index contributed by atoms with van der Waals surface area (Å²) in [4.78, 5) is 0. The summed E-state index contributed by atoms with van der Waals surface area (Å²) < 4.78 is 5.15. The van der Waals surface area contributed by atoms with Crippen molar-refractivity contribution in [3.05, 3.63) is 0 Å². The predicted octanol–water partition coefficient (Wildman–Crippen LogP) is 1.43. The van der Waals surface area contributed by atoms with Crippen LogP contribution in [0, 0.1) is 5.92 Å². The first kappa shape index (κ1) is 6.96. The average Bonchev–Trinajstić information content (AvgIpc) is 2.14. The molecule has 0 saturated carbocycles. The maximum Gasteiger partial charge on any atom is 0.0495 e. The molecule has 0 aliphatic carbocycles. The monoisotopic (exact) mass is 367 g/mol. The maximum absolute atomic E-state index is 5.15. The van der Waals surface area contributed by atoms with Crippen molar-refractivity contribution < 1.29 is 4.74 Å². The van der Waals surface area contributed by atoms with Crippen LogP contribution in [0.15, 0.2) is 0 Å². The molecule has 0 amide bonds. The van der Waals surface area contributed by atoms with Gasteiger partial charge in [0.15, 0.2) is 0 Å². The molecule has 0 aromatic heterocycles. The van der Waals surface area contributed by atoms with Gasteiger partial charge in [-0.15, -0.1) is 0 Å². The first-order valence-corrected chi connectivity index (χ1v) is 3.01. The summed E-state index contributed by atoms with van der Waals surface area (Å²) >= 11 is 0. The Labute approximate surface area is 44.7 Å². The molecule has 1 heterocycles. The van der Waals surface area contributed by atoms with Gasteiger partial charge in [-0.05, 0) is 12.3 Å². The molecule has 1 aliphatic heterocycles. The van der Waals surface area contributed by atoms with Crippen LogP contribution in [0.5, 0.6) is 0 Å². The van der Waals surface area contributed by atoms with Crippen LogP contribution in [-0.2, 0) is 4.74 Å². The minimum atomic E-state index is 0. The molecular weight excluding hydrogens is 355 g/mol. The van der Waals surface area contributed by atoms with Crippen molar-refractivity contribution in [3.8, 4) is 0 Å². The molecule has 0 unspecified atom stereocenters. The Morgan fingerprint density at radius 3 is 2.62 bits per heavy atom. The van der Waals surface area contributed by atoms with Crippen LogP contribution < -0.4 is 0 Å². The summed E-state index contributed by atoms with van der Waals surface area (Å²) in [7, 11) is 0. The van der Waals surface area contributed by atoms with Crippen LogP contribution in [0.25, 0.3) is 0 Å². The molecule has 8 heavy (non-hydrogen) atoms. The van der Waals surface area contributed by atoms with E-state index in [1.54, 1.807) is 0 Å². The Bertz CT molecular complexity index is 50.5. The summed E-state index contributed by atoms with van der Waals surface area (Å²) in [6, 6.07) is 0. The van der Waals surface area contributed by atoms with Crippen LogP contribution in [0.2, 0.25) is 0 Å². The third kappa shape index (κ3) is 1.23. The Balaban J connectivity index is 0.000000490. The molecule has 1 rings (SSSR count). The Morgan fingerprint density at radius 2 is 2.38 bits per heavy atom. The van der Waals surface area contributed by atoms with E-state index in [0.717, 1.165) is 19.1 Å². The van der Waals surface area contributed by atoms with E-state index in [4.69, 9.17) is 4.74 Å². The zero-order valence-electron chi connectivity index (χ0n) is 5.52. The first-order valence-electron chi connectivity index (χ1n) is 3.01. The van der Waals surface area contributed by atoms with Gasteiger partial charge in [0.05, 0.1) is 0 Å². The van der Waals surface area contributed by atoms with Crippen LogP contribution in [-0.4, -0.2) is 13.2 Å². The number of ether oxygens (including phenoxy) is 1. The van der Waals surface area contributed by atoms with Gasteiger partial charge < -0.3 is 4.74 Å². The number of hydrogen-bond acceptors (Lipinski definition) is 1. The van der Waals surface area contributed by atoms with Crippen LogP contribution in [0.3, 0.4) is 0 Å². The Morgan fingerprint density at radius 1 is 1.62 bits per heavy atom. The van der Waals surface area contributed by atoms with E-state index in [2.05, 4.69) is 6.92 Å². The second-order valence-corrected chi connectivity index (χ2v) is 2.14. The van der Waals surface area contributed by atoms with Crippen molar-refractivity contribution in [2.24, 2.45) is 5.92 Å². The first-order chi connectivity index (χ1) is 3.43. The minimum Gasteiger partial charge on any atom is -0.381 e. The summed E-state index contributed by atoms with van der Waals surface area (Å²) in [5.74, 6) is 0.875. The number of rotatable bonds is 1. The molecule has 2 heteroatoms. The average molecular weight is 367 g/mol. The largest absolute Gasteiger partial charge is 0.381 e. The van der Waals surface area contributed by atoms with E-state index in [9.17, 15) is 0 Å². The fraction of sp³-hybridized carbons (Fsp3) is 1.00. The fourth-order valence-corrected chi connectivity index (χ4v) is 0.905. The van der Waals surface area contributed by atoms with Gasteiger partial charge in [-0.25, -0.2) is 0 Å². The van der Waals surface area contributed by atoms with Gasteiger partial charge in [-0.1, -0.05) is 13.3 Å². The maximum atomic E-state index is 5.15. The Kier molecular flexibility index (Phi) is 2.63. The SMILES string of the molecule is CC[C@H]1CCOC1.[Rf]. The zero-order valence-corrected chi connectivity index (χ0v) is 11.9. The second kappa shape index (κ2) is 3.03. The molecule has 1 aliphatic rings. The van der Waals surface area contributed by atoms with E-state index in [-0.39, 0.29) is 0 Å². The van der Waals surface area contributed by atoms with Gasteiger partial charge in [-0.2, -0.15) is 0 Å². The molecule has 1 fully saturated rings. The normalized spacial score (nSPS) is 27.4. The van der Waals surface area contributed by atoms with Gasteiger partial charge in [0.25, 0.3) is 0 Å². The molecule has 0 spiro atoms. The quantitative estimate of drug-likeness (QED) is 0.682. The zero-order chi connectivity index (χ0) is 5.11. The van der Waals surface area contributed by atoms with Crippen LogP contribution in [0.1, 0.15) is 19.8 Å². The van der Waals surface area contributed by atoms with Gasteiger partial charge in [0.1, 0.15) is 0 Å². The molecule has 1 saturated heterocycles. The molecule has 1 nitrogen and oxygen atoms in total. The van der Waals surface area contributed by atoms with Crippen molar-refractivity contribution in [1.82, 2.24) is 0 Å². The van der Waals surface area contributed by atoms with Crippen molar-refractivity contribution in [3.63, 3.8) is 0 Å². The molecule has 0 N–H and O–H groups in total. The second-order valence-electron chi connectivity index (χ2n) is 2.14. The van der Waals surface area contributed by atoms with Crippen LogP contribution in [0.4, 0.5) is 0 Å². The summed E-state index contributed by atoms with van der Waals surface area (Å²) in [5.41, 5.74) is 0. The van der Waals surface area contributed by atoms with Crippen molar-refractivity contribution in [2.75, 3.05) is 13.2 Å². The van der Waals surface area contributed by atoms with E-state index in [1.165, 1.54) is 12.8 Å². The molecule has 0 aromatic carbocycles. The van der Waals surface area contributed by atoms with E-state index < -0.39 is 0 Å². The molecule has 0 bridgehead atoms. The van der Waals surface area contributed by atoms with Crippen LogP contribution >= 0.6 is 0 Å². The van der Waals surface area contributed by atoms with Crippen molar-refractivity contribution in [1.29, 1.82) is 0 Å². The van der Waals surface area contributed by atoms with E-state index >= 15 is 0 Å². The minimum absolute atomic E-state index is 0.